The Hall–Kier alpha value is -2.81. The van der Waals surface area contributed by atoms with Crippen LogP contribution in [0, 0.1) is 5.92 Å². The summed E-state index contributed by atoms with van der Waals surface area (Å²) in [7, 11) is 3.20. The molecule has 0 spiro atoms. The predicted octanol–water partition coefficient (Wildman–Crippen LogP) is 4.61. The van der Waals surface area contributed by atoms with Gasteiger partial charge in [0.25, 0.3) is 0 Å². The second-order valence-corrected chi connectivity index (χ2v) is 10.1. The Labute approximate surface area is 202 Å². The Bertz CT molecular complexity index is 953. The van der Waals surface area contributed by atoms with Crippen molar-refractivity contribution in [2.75, 3.05) is 33.9 Å². The highest BCUT2D eigenvalue weighted by molar-refractivity contribution is 5.68. The van der Waals surface area contributed by atoms with Crippen LogP contribution in [0.5, 0.6) is 11.5 Å². The van der Waals surface area contributed by atoms with Gasteiger partial charge in [-0.1, -0.05) is 5.16 Å². The molecule has 1 amide bonds. The topological polar surface area (TPSA) is 90.2 Å². The summed E-state index contributed by atoms with van der Waals surface area (Å²) in [5.41, 5.74) is 0.293. The van der Waals surface area contributed by atoms with Crippen LogP contribution >= 0.6 is 0 Å². The molecule has 34 heavy (non-hydrogen) atoms. The molecule has 9 nitrogen and oxygen atoms in total. The summed E-state index contributed by atoms with van der Waals surface area (Å²) in [6, 6.07) is 5.61. The standard InChI is InChI=1S/C25H38N4O5/c1-17(2)29(24(30)33-25(3,4)5)15-18-9-8-12-28(14-18)16-22-26-23(27-34-22)19-10-11-20(31-6)21(13-19)32-7/h10-11,13,17-18H,8-9,12,14-16H2,1-7H3. The van der Waals surface area contributed by atoms with Gasteiger partial charge >= 0.3 is 6.09 Å². The Balaban J connectivity index is 1.62. The highest BCUT2D eigenvalue weighted by atomic mass is 16.6. The van der Waals surface area contributed by atoms with Crippen LogP contribution < -0.4 is 9.47 Å². The van der Waals surface area contributed by atoms with Gasteiger partial charge in [0.2, 0.25) is 11.7 Å². The first-order valence-corrected chi connectivity index (χ1v) is 11.9. The SMILES string of the molecule is COc1ccc(-c2noc(CN3CCCC(CN(C(=O)OC(C)(C)C)C(C)C)C3)n2)cc1OC. The van der Waals surface area contributed by atoms with Crippen LogP contribution in [0.15, 0.2) is 22.7 Å². The van der Waals surface area contributed by atoms with Crippen molar-refractivity contribution >= 4 is 6.09 Å². The van der Waals surface area contributed by atoms with E-state index < -0.39 is 5.60 Å². The molecular formula is C25H38N4O5. The number of hydrogen-bond acceptors (Lipinski definition) is 8. The number of hydrogen-bond donors (Lipinski definition) is 0. The Morgan fingerprint density at radius 2 is 1.97 bits per heavy atom. The third-order valence-corrected chi connectivity index (χ3v) is 5.78. The summed E-state index contributed by atoms with van der Waals surface area (Å²) in [5.74, 6) is 2.71. The number of rotatable bonds is 8. The molecule has 1 fully saturated rings. The van der Waals surface area contributed by atoms with Crippen LogP contribution in [0.1, 0.15) is 53.4 Å². The monoisotopic (exact) mass is 474 g/mol. The maximum atomic E-state index is 12.7. The lowest BCUT2D eigenvalue weighted by atomic mass is 9.97. The number of nitrogens with zero attached hydrogens (tertiary/aromatic N) is 4. The Morgan fingerprint density at radius 1 is 1.24 bits per heavy atom. The van der Waals surface area contributed by atoms with E-state index >= 15 is 0 Å². The number of aromatic nitrogens is 2. The van der Waals surface area contributed by atoms with E-state index in [1.807, 2.05) is 57.7 Å². The van der Waals surface area contributed by atoms with Crippen LogP contribution in [0.2, 0.25) is 0 Å². The molecule has 0 N–H and O–H groups in total. The molecule has 1 aliphatic rings. The zero-order valence-corrected chi connectivity index (χ0v) is 21.5. The molecule has 188 valence electrons. The number of carbonyl (C=O) groups is 1. The van der Waals surface area contributed by atoms with E-state index in [4.69, 9.17) is 18.7 Å². The third-order valence-electron chi connectivity index (χ3n) is 5.78. The van der Waals surface area contributed by atoms with Crippen molar-refractivity contribution in [3.63, 3.8) is 0 Å². The van der Waals surface area contributed by atoms with Gasteiger partial charge in [0, 0.05) is 24.7 Å². The van der Waals surface area contributed by atoms with Crippen molar-refractivity contribution < 1.29 is 23.5 Å². The van der Waals surface area contributed by atoms with E-state index in [9.17, 15) is 4.79 Å². The molecule has 1 aromatic carbocycles. The highest BCUT2D eigenvalue weighted by Crippen LogP contribution is 2.31. The highest BCUT2D eigenvalue weighted by Gasteiger charge is 2.29. The van der Waals surface area contributed by atoms with E-state index in [0.29, 0.717) is 42.2 Å². The largest absolute Gasteiger partial charge is 0.493 e. The molecule has 2 aromatic rings. The van der Waals surface area contributed by atoms with E-state index in [0.717, 1.165) is 31.5 Å². The van der Waals surface area contributed by atoms with Gasteiger partial charge in [-0.15, -0.1) is 0 Å². The molecule has 0 saturated carbocycles. The minimum Gasteiger partial charge on any atom is -0.493 e. The van der Waals surface area contributed by atoms with Crippen molar-refractivity contribution in [3.8, 4) is 22.9 Å². The number of piperidine rings is 1. The van der Waals surface area contributed by atoms with Crippen molar-refractivity contribution in [1.82, 2.24) is 19.9 Å². The van der Waals surface area contributed by atoms with Gasteiger partial charge in [0.05, 0.1) is 20.8 Å². The third kappa shape index (κ3) is 6.85. The zero-order chi connectivity index (χ0) is 24.9. The zero-order valence-electron chi connectivity index (χ0n) is 21.5. The van der Waals surface area contributed by atoms with Gasteiger partial charge in [0.15, 0.2) is 11.5 Å². The Kier molecular flexibility index (Phi) is 8.41. The second-order valence-electron chi connectivity index (χ2n) is 10.1. The van der Waals surface area contributed by atoms with Crippen LogP contribution in [0.4, 0.5) is 4.79 Å². The summed E-state index contributed by atoms with van der Waals surface area (Å²) in [6.45, 7) is 12.8. The summed E-state index contributed by atoms with van der Waals surface area (Å²) in [6.07, 6.45) is 1.88. The van der Waals surface area contributed by atoms with Crippen molar-refractivity contribution in [1.29, 1.82) is 0 Å². The summed E-state index contributed by atoms with van der Waals surface area (Å²) in [4.78, 5) is 21.4. The number of methoxy groups -OCH3 is 2. The average Bonchev–Trinajstić information content (AvgIpc) is 3.24. The number of benzene rings is 1. The maximum absolute atomic E-state index is 12.7. The molecule has 0 bridgehead atoms. The smallest absolute Gasteiger partial charge is 0.410 e. The van der Waals surface area contributed by atoms with E-state index in [2.05, 4.69) is 15.0 Å². The van der Waals surface area contributed by atoms with Crippen molar-refractivity contribution in [2.45, 2.75) is 65.6 Å². The fraction of sp³-hybridized carbons (Fsp3) is 0.640. The van der Waals surface area contributed by atoms with E-state index in [-0.39, 0.29) is 12.1 Å². The first-order valence-electron chi connectivity index (χ1n) is 11.9. The van der Waals surface area contributed by atoms with Crippen molar-refractivity contribution in [2.24, 2.45) is 5.92 Å². The van der Waals surface area contributed by atoms with E-state index in [1.54, 1.807) is 14.2 Å². The molecule has 0 aliphatic carbocycles. The summed E-state index contributed by atoms with van der Waals surface area (Å²) >= 11 is 0. The number of likely N-dealkylation sites (tertiary alicyclic amines) is 1. The number of amides is 1. The lowest BCUT2D eigenvalue weighted by molar-refractivity contribution is 0.0115. The van der Waals surface area contributed by atoms with Gasteiger partial charge in [-0.3, -0.25) is 4.90 Å². The lowest BCUT2D eigenvalue weighted by Gasteiger charge is -2.37. The van der Waals surface area contributed by atoms with Crippen molar-refractivity contribution in [3.05, 3.63) is 24.1 Å². The van der Waals surface area contributed by atoms with E-state index in [1.165, 1.54) is 0 Å². The van der Waals surface area contributed by atoms with Crippen LogP contribution in [0.3, 0.4) is 0 Å². The molecule has 3 rings (SSSR count). The Morgan fingerprint density at radius 3 is 2.62 bits per heavy atom. The van der Waals surface area contributed by atoms with Crippen LogP contribution in [-0.2, 0) is 11.3 Å². The quantitative estimate of drug-likeness (QED) is 0.548. The number of carbonyl (C=O) groups excluding carboxylic acids is 1. The average molecular weight is 475 g/mol. The minimum atomic E-state index is -0.508. The molecule has 9 heteroatoms. The van der Waals surface area contributed by atoms with Gasteiger partial charge < -0.3 is 23.6 Å². The second kappa shape index (κ2) is 11.1. The fourth-order valence-electron chi connectivity index (χ4n) is 4.14. The maximum Gasteiger partial charge on any atom is 0.410 e. The molecule has 1 unspecified atom stereocenters. The molecular weight excluding hydrogens is 436 g/mol. The van der Waals surface area contributed by atoms with Crippen LogP contribution in [-0.4, -0.2) is 71.5 Å². The van der Waals surface area contributed by atoms with Crippen LogP contribution in [0.25, 0.3) is 11.4 Å². The lowest BCUT2D eigenvalue weighted by Crippen LogP contribution is -2.46. The molecule has 2 heterocycles. The van der Waals surface area contributed by atoms with Gasteiger partial charge in [-0.2, -0.15) is 4.98 Å². The minimum absolute atomic E-state index is 0.0743. The summed E-state index contributed by atoms with van der Waals surface area (Å²) in [5, 5.41) is 4.15. The molecule has 1 aromatic heterocycles. The normalized spacial score (nSPS) is 17.0. The van der Waals surface area contributed by atoms with Gasteiger partial charge in [-0.05, 0) is 78.1 Å². The molecule has 1 aliphatic heterocycles. The molecule has 1 saturated heterocycles. The molecule has 1 atom stereocenters. The van der Waals surface area contributed by atoms with Gasteiger partial charge in [0.1, 0.15) is 5.60 Å². The fourth-order valence-corrected chi connectivity index (χ4v) is 4.14. The first kappa shape index (κ1) is 25.8. The molecule has 0 radical (unpaired) electrons. The first-order chi connectivity index (χ1) is 16.1. The summed E-state index contributed by atoms with van der Waals surface area (Å²) < 4.78 is 21.8. The predicted molar refractivity (Wildman–Crippen MR) is 129 cm³/mol. The van der Waals surface area contributed by atoms with Gasteiger partial charge in [-0.25, -0.2) is 4.79 Å². The number of ether oxygens (including phenoxy) is 3.